The summed E-state index contributed by atoms with van der Waals surface area (Å²) in [6, 6.07) is 0.000164. The Bertz CT molecular complexity index is 366. The molecule has 0 spiro atoms. The van der Waals surface area contributed by atoms with Gasteiger partial charge < -0.3 is 13.0 Å². The van der Waals surface area contributed by atoms with Gasteiger partial charge in [-0.3, -0.25) is 4.79 Å². The van der Waals surface area contributed by atoms with Crippen LogP contribution in [0.3, 0.4) is 0 Å². The molecule has 0 unspecified atom stereocenters. The molecule has 1 saturated heterocycles. The van der Waals surface area contributed by atoms with Crippen molar-refractivity contribution in [3.8, 4) is 0 Å². The second-order valence-electron chi connectivity index (χ2n) is 5.34. The van der Waals surface area contributed by atoms with Gasteiger partial charge in [-0.25, -0.2) is 5.48 Å². The number of hydroxylamine groups is 1. The lowest BCUT2D eigenvalue weighted by atomic mass is 9.88. The molecule has 0 amide bonds. The number of halogens is 2. The highest BCUT2D eigenvalue weighted by Crippen LogP contribution is 2.42. The highest BCUT2D eigenvalue weighted by atomic mass is 127. The van der Waals surface area contributed by atoms with Crippen LogP contribution in [0.1, 0.15) is 19.3 Å². The Labute approximate surface area is 146 Å². The molecule has 2 rings (SSSR count). The van der Waals surface area contributed by atoms with Crippen LogP contribution in [0, 0.1) is 11.8 Å². The van der Waals surface area contributed by atoms with Crippen LogP contribution in [0.4, 0.5) is 0 Å². The molecule has 2 fully saturated rings. The maximum Gasteiger partial charge on any atom is 0.165 e. The molecule has 0 aromatic carbocycles. The second kappa shape index (κ2) is 8.37. The van der Waals surface area contributed by atoms with Crippen LogP contribution in [0.15, 0.2) is 12.2 Å². The molecule has 0 aromatic heterocycles. The zero-order chi connectivity index (χ0) is 14.5. The third-order valence-corrected chi connectivity index (χ3v) is 5.56. The number of allylic oxidation sites excluding steroid dienone is 1. The van der Waals surface area contributed by atoms with Gasteiger partial charge in [0, 0.05) is 12.3 Å². The van der Waals surface area contributed by atoms with Crippen molar-refractivity contribution in [3.63, 3.8) is 0 Å². The first-order chi connectivity index (χ1) is 9.69. The van der Waals surface area contributed by atoms with Gasteiger partial charge in [-0.1, -0.05) is 28.7 Å². The Hall–Kier alpha value is 0.710. The summed E-state index contributed by atoms with van der Waals surface area (Å²) in [5, 5.41) is 9.04. The fourth-order valence-corrected chi connectivity index (χ4v) is 3.90. The zero-order valence-electron chi connectivity index (χ0n) is 11.0. The molecular formula is C13H19I2NO4. The molecule has 0 aromatic rings. The van der Waals surface area contributed by atoms with Crippen molar-refractivity contribution in [2.24, 2.45) is 11.8 Å². The first-order valence-corrected chi connectivity index (χ1v) is 9.15. The van der Waals surface area contributed by atoms with Crippen molar-refractivity contribution >= 4 is 51.4 Å². The highest BCUT2D eigenvalue weighted by Gasteiger charge is 2.44. The third kappa shape index (κ3) is 4.13. The van der Waals surface area contributed by atoms with Crippen LogP contribution < -0.4 is 5.48 Å². The summed E-state index contributed by atoms with van der Waals surface area (Å²) >= 11 is 4.01. The van der Waals surface area contributed by atoms with E-state index in [0.717, 1.165) is 19.3 Å². The maximum absolute atomic E-state index is 11.5. The third-order valence-electron chi connectivity index (χ3n) is 4.16. The number of nitrogens with one attached hydrogen (secondary N) is 1. The Morgan fingerprint density at radius 1 is 1.50 bits per heavy atom. The summed E-state index contributed by atoms with van der Waals surface area (Å²) in [7, 11) is 0. The van der Waals surface area contributed by atoms with Gasteiger partial charge in [0.2, 0.25) is 0 Å². The van der Waals surface area contributed by atoms with E-state index in [2.05, 4.69) is 28.1 Å². The van der Waals surface area contributed by atoms with E-state index in [1.54, 1.807) is 6.08 Å². The minimum atomic E-state index is 0.000164. The van der Waals surface area contributed by atoms with Crippen molar-refractivity contribution < 1.29 is 17.8 Å². The topological polar surface area (TPSA) is 67.8 Å². The van der Waals surface area contributed by atoms with Crippen LogP contribution in [0.2, 0.25) is 0 Å². The van der Waals surface area contributed by atoms with Crippen molar-refractivity contribution in [1.29, 1.82) is 0 Å². The molecule has 20 heavy (non-hydrogen) atoms. The van der Waals surface area contributed by atoms with Crippen molar-refractivity contribution in [2.45, 2.75) is 37.5 Å². The summed E-state index contributed by atoms with van der Waals surface area (Å²) in [4.78, 5) is 11.5. The van der Waals surface area contributed by atoms with Gasteiger partial charge in [0.25, 0.3) is 0 Å². The number of ketones is 1. The SMILES string of the molecule is O=C(/C=C/[C@@H]1[C@H]2CC[C@H](NO)CO[C@H]2C[C@H]1OI)CI. The summed E-state index contributed by atoms with van der Waals surface area (Å²) in [5.74, 6) is 0.693. The monoisotopic (exact) mass is 507 g/mol. The number of carbonyl (C=O) groups excluding carboxylic acids is 1. The molecule has 1 heterocycles. The zero-order valence-corrected chi connectivity index (χ0v) is 15.3. The van der Waals surface area contributed by atoms with Crippen LogP contribution >= 0.6 is 45.6 Å². The molecule has 5 nitrogen and oxygen atoms in total. The van der Waals surface area contributed by atoms with Crippen LogP contribution in [-0.4, -0.2) is 40.3 Å². The van der Waals surface area contributed by atoms with Gasteiger partial charge in [-0.15, -0.1) is 0 Å². The predicted octanol–water partition coefficient (Wildman–Crippen LogP) is 2.44. The summed E-state index contributed by atoms with van der Waals surface area (Å²) in [6.45, 7) is 0.523. The van der Waals surface area contributed by atoms with Gasteiger partial charge in [-0.2, -0.15) is 0 Å². The van der Waals surface area contributed by atoms with E-state index in [9.17, 15) is 4.79 Å². The standard InChI is InChI=1S/C13H19I2NO4/c14-6-9(17)2-4-11-10-3-1-8(16-18)7-19-12(10)5-13(11)20-15/h2,4,8,10-13,16,18H,1,3,5-7H2/b4-2+/t8-,10+,11+,12-,13+/m0/s1. The number of hydrogen-bond acceptors (Lipinski definition) is 5. The fourth-order valence-electron chi connectivity index (χ4n) is 3.10. The average molecular weight is 507 g/mol. The van der Waals surface area contributed by atoms with Crippen LogP contribution in [-0.2, 0) is 12.6 Å². The number of alkyl halides is 1. The van der Waals surface area contributed by atoms with E-state index >= 15 is 0 Å². The lowest BCUT2D eigenvalue weighted by Gasteiger charge is -2.21. The molecule has 1 aliphatic carbocycles. The summed E-state index contributed by atoms with van der Waals surface area (Å²) < 4.78 is 11.9. The lowest BCUT2D eigenvalue weighted by molar-refractivity contribution is -0.112. The van der Waals surface area contributed by atoms with Gasteiger partial charge in [0.1, 0.15) is 23.0 Å². The van der Waals surface area contributed by atoms with E-state index in [-0.39, 0.29) is 30.0 Å². The molecule has 0 radical (unpaired) electrons. The summed E-state index contributed by atoms with van der Waals surface area (Å²) in [5.41, 5.74) is 2.30. The van der Waals surface area contributed by atoms with Gasteiger partial charge >= 0.3 is 0 Å². The van der Waals surface area contributed by atoms with Crippen LogP contribution in [0.5, 0.6) is 0 Å². The van der Waals surface area contributed by atoms with Crippen molar-refractivity contribution in [2.75, 3.05) is 11.0 Å². The molecule has 5 atom stereocenters. The van der Waals surface area contributed by atoms with Crippen molar-refractivity contribution in [1.82, 2.24) is 5.48 Å². The second-order valence-corrected chi connectivity index (χ2v) is 6.61. The van der Waals surface area contributed by atoms with E-state index in [4.69, 9.17) is 13.0 Å². The molecule has 114 valence electrons. The molecule has 1 saturated carbocycles. The number of fused-ring (bicyclic) bond motifs is 1. The van der Waals surface area contributed by atoms with E-state index in [0.29, 0.717) is 17.0 Å². The first-order valence-electron chi connectivity index (χ1n) is 6.75. The fraction of sp³-hybridized carbons (Fsp3) is 0.769. The Morgan fingerprint density at radius 2 is 2.30 bits per heavy atom. The summed E-state index contributed by atoms with van der Waals surface area (Å²) in [6.07, 6.45) is 6.60. The molecule has 0 bridgehead atoms. The Morgan fingerprint density at radius 3 is 2.95 bits per heavy atom. The van der Waals surface area contributed by atoms with Crippen molar-refractivity contribution in [3.05, 3.63) is 12.2 Å². The quantitative estimate of drug-likeness (QED) is 0.259. The normalized spacial score (nSPS) is 37.9. The average Bonchev–Trinajstić information content (AvgIpc) is 2.68. The van der Waals surface area contributed by atoms with E-state index in [1.165, 1.54) is 0 Å². The molecule has 1 aliphatic heterocycles. The molecule has 2 aliphatic rings. The number of carbonyl (C=O) groups is 1. The molecule has 2 N–H and O–H groups in total. The van der Waals surface area contributed by atoms with Crippen LogP contribution in [0.25, 0.3) is 0 Å². The number of rotatable bonds is 5. The van der Waals surface area contributed by atoms with Gasteiger partial charge in [-0.05, 0) is 24.8 Å². The number of ether oxygens (including phenoxy) is 1. The number of hydrogen-bond donors (Lipinski definition) is 2. The Kier molecular flexibility index (Phi) is 7.14. The van der Waals surface area contributed by atoms with Gasteiger partial charge in [0.15, 0.2) is 5.78 Å². The molecule has 7 heteroatoms. The van der Waals surface area contributed by atoms with E-state index < -0.39 is 0 Å². The predicted molar refractivity (Wildman–Crippen MR) is 91.2 cm³/mol. The molecular weight excluding hydrogens is 488 g/mol. The highest BCUT2D eigenvalue weighted by molar-refractivity contribution is 14.1. The smallest absolute Gasteiger partial charge is 0.165 e. The minimum Gasteiger partial charge on any atom is -0.376 e. The Balaban J connectivity index is 2.07. The first kappa shape index (κ1) is 17.1. The lowest BCUT2D eigenvalue weighted by Crippen LogP contribution is -2.30. The maximum atomic E-state index is 11.5. The largest absolute Gasteiger partial charge is 0.376 e. The van der Waals surface area contributed by atoms with E-state index in [1.807, 2.05) is 29.1 Å². The van der Waals surface area contributed by atoms with Gasteiger partial charge in [0.05, 0.1) is 29.3 Å². The minimum absolute atomic E-state index is 0.000164.